The van der Waals surface area contributed by atoms with Crippen molar-refractivity contribution < 1.29 is 4.74 Å². The van der Waals surface area contributed by atoms with Crippen molar-refractivity contribution >= 4 is 28.6 Å². The largest absolute Gasteiger partial charge is 0.376 e. The van der Waals surface area contributed by atoms with Gasteiger partial charge < -0.3 is 14.6 Å². The van der Waals surface area contributed by atoms with Gasteiger partial charge in [-0.1, -0.05) is 23.7 Å². The van der Waals surface area contributed by atoms with E-state index in [9.17, 15) is 0 Å². The van der Waals surface area contributed by atoms with Crippen molar-refractivity contribution in [2.24, 2.45) is 0 Å². The highest BCUT2D eigenvalue weighted by molar-refractivity contribution is 6.30. The van der Waals surface area contributed by atoms with Crippen LogP contribution in [-0.4, -0.2) is 32.2 Å². The molecule has 1 atom stereocenters. The molecule has 3 heterocycles. The van der Waals surface area contributed by atoms with Crippen LogP contribution in [0.4, 0.5) is 5.82 Å². The highest BCUT2D eigenvalue weighted by Crippen LogP contribution is 2.21. The number of anilines is 1. The molecule has 1 N–H and O–H groups in total. The Balaban J connectivity index is 1.54. The molecular weight excluding hydrogens is 326 g/mol. The summed E-state index contributed by atoms with van der Waals surface area (Å²) in [5, 5.41) is 4.05. The lowest BCUT2D eigenvalue weighted by atomic mass is 10.2. The van der Waals surface area contributed by atoms with Crippen molar-refractivity contribution in [2.45, 2.75) is 32.0 Å². The van der Waals surface area contributed by atoms with E-state index in [0.717, 1.165) is 53.6 Å². The lowest BCUT2D eigenvalue weighted by molar-refractivity contribution is 0.0978. The van der Waals surface area contributed by atoms with Crippen LogP contribution in [0.1, 0.15) is 18.4 Å². The van der Waals surface area contributed by atoms with Gasteiger partial charge in [-0.15, -0.1) is 0 Å². The molecule has 3 aromatic rings. The van der Waals surface area contributed by atoms with Gasteiger partial charge in [-0.2, -0.15) is 0 Å². The molecule has 0 bridgehead atoms. The molecule has 0 amide bonds. The predicted molar refractivity (Wildman–Crippen MR) is 93.1 cm³/mol. The Hall–Kier alpha value is -2.18. The molecule has 1 aliphatic rings. The predicted octanol–water partition coefficient (Wildman–Crippen LogP) is 3.27. The number of nitrogens with zero attached hydrogens (tertiary/aromatic N) is 4. The second-order valence-electron chi connectivity index (χ2n) is 5.91. The van der Waals surface area contributed by atoms with Gasteiger partial charge in [-0.05, 0) is 30.5 Å². The summed E-state index contributed by atoms with van der Waals surface area (Å²) < 4.78 is 7.74. The van der Waals surface area contributed by atoms with Crippen molar-refractivity contribution in [3.63, 3.8) is 0 Å². The van der Waals surface area contributed by atoms with Gasteiger partial charge in [0.25, 0.3) is 0 Å². The Morgan fingerprint density at radius 2 is 2.25 bits per heavy atom. The van der Waals surface area contributed by atoms with Gasteiger partial charge in [0, 0.05) is 18.2 Å². The van der Waals surface area contributed by atoms with Crippen molar-refractivity contribution in [1.29, 1.82) is 0 Å². The first-order valence-corrected chi connectivity index (χ1v) is 8.43. The normalized spacial score (nSPS) is 17.5. The second-order valence-corrected chi connectivity index (χ2v) is 6.35. The van der Waals surface area contributed by atoms with E-state index in [4.69, 9.17) is 16.3 Å². The van der Waals surface area contributed by atoms with Crippen LogP contribution >= 0.6 is 11.6 Å². The quantitative estimate of drug-likeness (QED) is 0.770. The zero-order chi connectivity index (χ0) is 16.4. The average molecular weight is 344 g/mol. The molecule has 0 spiro atoms. The number of hydrogen-bond donors (Lipinski definition) is 1. The molecule has 1 aromatic carbocycles. The van der Waals surface area contributed by atoms with E-state index in [1.165, 1.54) is 0 Å². The van der Waals surface area contributed by atoms with Crippen molar-refractivity contribution in [1.82, 2.24) is 19.5 Å². The molecule has 1 unspecified atom stereocenters. The van der Waals surface area contributed by atoms with Gasteiger partial charge in [0.1, 0.15) is 11.8 Å². The summed E-state index contributed by atoms with van der Waals surface area (Å²) in [6, 6.07) is 7.75. The summed E-state index contributed by atoms with van der Waals surface area (Å²) in [4.78, 5) is 13.2. The third-order valence-corrected chi connectivity index (χ3v) is 4.41. The Morgan fingerprint density at radius 3 is 3.08 bits per heavy atom. The fourth-order valence-corrected chi connectivity index (χ4v) is 3.20. The number of rotatable bonds is 5. The zero-order valence-corrected chi connectivity index (χ0v) is 13.9. The maximum atomic E-state index is 6.03. The molecule has 6 nitrogen and oxygen atoms in total. The van der Waals surface area contributed by atoms with E-state index in [2.05, 4.69) is 20.3 Å². The minimum atomic E-state index is 0.250. The Labute approximate surface area is 144 Å². The van der Waals surface area contributed by atoms with E-state index in [1.807, 2.05) is 35.2 Å². The first-order chi connectivity index (χ1) is 11.8. The summed E-state index contributed by atoms with van der Waals surface area (Å²) in [6.07, 6.45) is 5.84. The van der Waals surface area contributed by atoms with Crippen LogP contribution in [0.2, 0.25) is 5.02 Å². The van der Waals surface area contributed by atoms with Crippen LogP contribution in [0.15, 0.2) is 36.9 Å². The van der Waals surface area contributed by atoms with Gasteiger partial charge in [0.05, 0.1) is 19.0 Å². The third-order valence-electron chi connectivity index (χ3n) is 4.17. The smallest absolute Gasteiger partial charge is 0.165 e. The number of hydrogen-bond acceptors (Lipinski definition) is 5. The SMILES string of the molecule is Clc1cccc(CNc2ncnc3c2ncn3CC2CCCO2)c1. The molecule has 4 rings (SSSR count). The highest BCUT2D eigenvalue weighted by Gasteiger charge is 2.18. The molecule has 0 aliphatic carbocycles. The summed E-state index contributed by atoms with van der Waals surface area (Å²) in [5.41, 5.74) is 2.69. The van der Waals surface area contributed by atoms with Crippen LogP contribution < -0.4 is 5.32 Å². The molecule has 24 heavy (non-hydrogen) atoms. The number of aromatic nitrogens is 4. The number of imidazole rings is 1. The summed E-state index contributed by atoms with van der Waals surface area (Å²) in [6.45, 7) is 2.26. The van der Waals surface area contributed by atoms with Crippen LogP contribution in [0, 0.1) is 0 Å². The Kier molecular flexibility index (Phi) is 4.32. The monoisotopic (exact) mass is 343 g/mol. The maximum Gasteiger partial charge on any atom is 0.165 e. The Bertz CT molecular complexity index is 844. The van der Waals surface area contributed by atoms with E-state index < -0.39 is 0 Å². The lowest BCUT2D eigenvalue weighted by Crippen LogP contribution is -2.14. The van der Waals surface area contributed by atoms with E-state index >= 15 is 0 Å². The molecule has 1 saturated heterocycles. The van der Waals surface area contributed by atoms with E-state index in [-0.39, 0.29) is 6.10 Å². The fraction of sp³-hybridized carbons (Fsp3) is 0.353. The van der Waals surface area contributed by atoms with Crippen molar-refractivity contribution in [3.8, 4) is 0 Å². The van der Waals surface area contributed by atoms with Gasteiger partial charge in [-0.3, -0.25) is 0 Å². The average Bonchev–Trinajstić information content (AvgIpc) is 3.24. The van der Waals surface area contributed by atoms with Crippen molar-refractivity contribution in [2.75, 3.05) is 11.9 Å². The lowest BCUT2D eigenvalue weighted by Gasteiger charge is -2.10. The van der Waals surface area contributed by atoms with Crippen LogP contribution in [0.3, 0.4) is 0 Å². The van der Waals surface area contributed by atoms with Gasteiger partial charge in [-0.25, -0.2) is 15.0 Å². The van der Waals surface area contributed by atoms with E-state index in [0.29, 0.717) is 6.54 Å². The maximum absolute atomic E-state index is 6.03. The first kappa shape index (κ1) is 15.4. The summed E-state index contributed by atoms with van der Waals surface area (Å²) in [5.74, 6) is 0.728. The highest BCUT2D eigenvalue weighted by atomic mass is 35.5. The molecular formula is C17H18ClN5O. The number of benzene rings is 1. The third kappa shape index (κ3) is 3.20. The molecule has 7 heteroatoms. The fourth-order valence-electron chi connectivity index (χ4n) is 2.98. The minimum Gasteiger partial charge on any atom is -0.376 e. The van der Waals surface area contributed by atoms with Gasteiger partial charge in [0.15, 0.2) is 11.5 Å². The Morgan fingerprint density at radius 1 is 1.29 bits per heavy atom. The molecule has 124 valence electrons. The van der Waals surface area contributed by atoms with Gasteiger partial charge in [0.2, 0.25) is 0 Å². The molecule has 0 saturated carbocycles. The zero-order valence-electron chi connectivity index (χ0n) is 13.2. The summed E-state index contributed by atoms with van der Waals surface area (Å²) >= 11 is 6.03. The number of fused-ring (bicyclic) bond motifs is 1. The first-order valence-electron chi connectivity index (χ1n) is 8.05. The number of halogens is 1. The topological polar surface area (TPSA) is 64.9 Å². The second kappa shape index (κ2) is 6.75. The van der Waals surface area contributed by atoms with Crippen LogP contribution in [0.5, 0.6) is 0 Å². The summed E-state index contributed by atoms with van der Waals surface area (Å²) in [7, 11) is 0. The van der Waals surface area contributed by atoms with Gasteiger partial charge >= 0.3 is 0 Å². The van der Waals surface area contributed by atoms with E-state index in [1.54, 1.807) is 6.33 Å². The number of nitrogens with one attached hydrogen (secondary N) is 1. The minimum absolute atomic E-state index is 0.250. The van der Waals surface area contributed by atoms with Crippen LogP contribution in [-0.2, 0) is 17.8 Å². The molecule has 0 radical (unpaired) electrons. The molecule has 1 aliphatic heterocycles. The standard InChI is InChI=1S/C17H18ClN5O/c18-13-4-1-3-12(7-13)8-19-16-15-17(21-10-20-16)23(11-22-15)9-14-5-2-6-24-14/h1,3-4,7,10-11,14H,2,5-6,8-9H2,(H,19,20,21). The molecule has 2 aromatic heterocycles. The molecule has 1 fully saturated rings. The number of ether oxygens (including phenoxy) is 1. The van der Waals surface area contributed by atoms with Crippen LogP contribution in [0.25, 0.3) is 11.2 Å². The van der Waals surface area contributed by atoms with Crippen molar-refractivity contribution in [3.05, 3.63) is 47.5 Å².